The number of hydrogen-bond acceptors (Lipinski definition) is 3. The van der Waals surface area contributed by atoms with Gasteiger partial charge in [0.05, 0.1) is 6.54 Å². The Morgan fingerprint density at radius 3 is 2.44 bits per heavy atom. The fourth-order valence-corrected chi connectivity index (χ4v) is 2.98. The predicted octanol–water partition coefficient (Wildman–Crippen LogP) is 4.14. The molecule has 1 atom stereocenters. The van der Waals surface area contributed by atoms with Crippen LogP contribution in [0.25, 0.3) is 10.8 Å². The minimum Gasteiger partial charge on any atom is -0.507 e. The maximum absolute atomic E-state index is 10.2. The SMILES string of the molecule is CN(C)[C@@H](CN=Cc1c(O)ccc2ccccc12)Cc1ccccc1. The number of rotatable bonds is 6. The standard InChI is InChI=1S/C22H24N2O/c1-24(2)19(14-17-8-4-3-5-9-17)15-23-16-21-20-11-7-6-10-18(20)12-13-22(21)25/h3-13,16,19,25H,14-15H2,1-2H3/t19-/m1/s1. The summed E-state index contributed by atoms with van der Waals surface area (Å²) in [5, 5.41) is 12.3. The summed E-state index contributed by atoms with van der Waals surface area (Å²) in [5.41, 5.74) is 2.10. The highest BCUT2D eigenvalue weighted by Gasteiger charge is 2.11. The molecule has 3 rings (SSSR count). The lowest BCUT2D eigenvalue weighted by molar-refractivity contribution is 0.298. The molecule has 0 aliphatic heterocycles. The van der Waals surface area contributed by atoms with Crippen molar-refractivity contribution in [3.05, 3.63) is 77.9 Å². The molecule has 0 aliphatic rings. The van der Waals surface area contributed by atoms with E-state index in [0.29, 0.717) is 12.6 Å². The number of nitrogens with zero attached hydrogens (tertiary/aromatic N) is 2. The zero-order valence-corrected chi connectivity index (χ0v) is 14.8. The molecule has 0 radical (unpaired) electrons. The fraction of sp³-hybridized carbons (Fsp3) is 0.227. The fourth-order valence-electron chi connectivity index (χ4n) is 2.98. The van der Waals surface area contributed by atoms with E-state index < -0.39 is 0 Å². The monoisotopic (exact) mass is 332 g/mol. The van der Waals surface area contributed by atoms with Crippen LogP contribution in [0.4, 0.5) is 0 Å². The van der Waals surface area contributed by atoms with Gasteiger partial charge in [0.1, 0.15) is 5.75 Å². The van der Waals surface area contributed by atoms with Gasteiger partial charge in [-0.15, -0.1) is 0 Å². The van der Waals surface area contributed by atoms with E-state index in [9.17, 15) is 5.11 Å². The minimum atomic E-state index is 0.270. The number of benzene rings is 3. The Morgan fingerprint density at radius 1 is 0.960 bits per heavy atom. The van der Waals surface area contributed by atoms with Gasteiger partial charge in [-0.3, -0.25) is 4.99 Å². The summed E-state index contributed by atoms with van der Waals surface area (Å²) in [7, 11) is 4.16. The summed E-state index contributed by atoms with van der Waals surface area (Å²) in [6, 6.07) is 22.5. The Bertz CT molecular complexity index is 856. The molecule has 0 saturated carbocycles. The Hall–Kier alpha value is -2.65. The van der Waals surface area contributed by atoms with Crippen LogP contribution in [0.3, 0.4) is 0 Å². The van der Waals surface area contributed by atoms with Crippen LogP contribution in [0.1, 0.15) is 11.1 Å². The molecule has 0 bridgehead atoms. The second-order valence-electron chi connectivity index (χ2n) is 6.52. The number of likely N-dealkylation sites (N-methyl/N-ethyl adjacent to an activating group) is 1. The van der Waals surface area contributed by atoms with Gasteiger partial charge in [0.15, 0.2) is 0 Å². The molecule has 0 spiro atoms. The third-order valence-corrected chi connectivity index (χ3v) is 4.53. The van der Waals surface area contributed by atoms with Gasteiger partial charge in [0, 0.05) is 17.8 Å². The quantitative estimate of drug-likeness (QED) is 0.689. The molecule has 25 heavy (non-hydrogen) atoms. The third-order valence-electron chi connectivity index (χ3n) is 4.53. The number of fused-ring (bicyclic) bond motifs is 1. The smallest absolute Gasteiger partial charge is 0.124 e. The van der Waals surface area contributed by atoms with Crippen molar-refractivity contribution in [2.75, 3.05) is 20.6 Å². The Morgan fingerprint density at radius 2 is 1.68 bits per heavy atom. The molecule has 3 heteroatoms. The lowest BCUT2D eigenvalue weighted by Crippen LogP contribution is -2.32. The lowest BCUT2D eigenvalue weighted by atomic mass is 10.0. The first kappa shape index (κ1) is 17.2. The second-order valence-corrected chi connectivity index (χ2v) is 6.52. The van der Waals surface area contributed by atoms with Crippen molar-refractivity contribution in [1.29, 1.82) is 0 Å². The van der Waals surface area contributed by atoms with Crippen molar-refractivity contribution in [2.24, 2.45) is 4.99 Å². The van der Waals surface area contributed by atoms with Crippen LogP contribution in [0.2, 0.25) is 0 Å². The van der Waals surface area contributed by atoms with Crippen molar-refractivity contribution in [2.45, 2.75) is 12.5 Å². The van der Waals surface area contributed by atoms with Crippen LogP contribution < -0.4 is 0 Å². The highest BCUT2D eigenvalue weighted by Crippen LogP contribution is 2.25. The van der Waals surface area contributed by atoms with Crippen LogP contribution in [0.5, 0.6) is 5.75 Å². The highest BCUT2D eigenvalue weighted by molar-refractivity contribution is 6.02. The number of hydrogen-bond donors (Lipinski definition) is 1. The van der Waals surface area contributed by atoms with Crippen LogP contribution in [-0.2, 0) is 6.42 Å². The van der Waals surface area contributed by atoms with Crippen molar-refractivity contribution in [3.63, 3.8) is 0 Å². The predicted molar refractivity (Wildman–Crippen MR) is 106 cm³/mol. The van der Waals surface area contributed by atoms with E-state index in [-0.39, 0.29) is 5.75 Å². The van der Waals surface area contributed by atoms with Crippen molar-refractivity contribution in [1.82, 2.24) is 4.90 Å². The highest BCUT2D eigenvalue weighted by atomic mass is 16.3. The number of phenolic OH excluding ortho intramolecular Hbond substituents is 1. The Balaban J connectivity index is 1.78. The molecular weight excluding hydrogens is 308 g/mol. The largest absolute Gasteiger partial charge is 0.507 e. The Kier molecular flexibility index (Phi) is 5.46. The summed E-state index contributed by atoms with van der Waals surface area (Å²) in [6.45, 7) is 0.685. The van der Waals surface area contributed by atoms with E-state index in [4.69, 9.17) is 0 Å². The molecule has 3 nitrogen and oxygen atoms in total. The van der Waals surface area contributed by atoms with Gasteiger partial charge < -0.3 is 10.0 Å². The molecule has 0 heterocycles. The summed E-state index contributed by atoms with van der Waals surface area (Å²) < 4.78 is 0. The maximum Gasteiger partial charge on any atom is 0.124 e. The summed E-state index contributed by atoms with van der Waals surface area (Å²) >= 11 is 0. The van der Waals surface area contributed by atoms with E-state index >= 15 is 0 Å². The molecule has 0 aliphatic carbocycles. The zero-order valence-electron chi connectivity index (χ0n) is 14.8. The van der Waals surface area contributed by atoms with Crippen LogP contribution in [0, 0.1) is 0 Å². The summed E-state index contributed by atoms with van der Waals surface area (Å²) in [4.78, 5) is 6.85. The van der Waals surface area contributed by atoms with Gasteiger partial charge in [0.25, 0.3) is 0 Å². The first-order chi connectivity index (χ1) is 12.1. The summed E-state index contributed by atoms with van der Waals surface area (Å²) in [5.74, 6) is 0.270. The van der Waals surface area contributed by atoms with Gasteiger partial charge in [-0.05, 0) is 42.9 Å². The third kappa shape index (κ3) is 4.25. The van der Waals surface area contributed by atoms with Crippen LogP contribution in [0.15, 0.2) is 71.7 Å². The Labute approximate surface area is 149 Å². The number of aliphatic imine (C=N–C) groups is 1. The molecule has 0 unspecified atom stereocenters. The van der Waals surface area contributed by atoms with Gasteiger partial charge in [0.2, 0.25) is 0 Å². The van der Waals surface area contributed by atoms with E-state index in [1.165, 1.54) is 5.56 Å². The topological polar surface area (TPSA) is 35.8 Å². The van der Waals surface area contributed by atoms with Crippen LogP contribution in [-0.4, -0.2) is 42.9 Å². The molecule has 128 valence electrons. The van der Waals surface area contributed by atoms with Gasteiger partial charge in [-0.2, -0.15) is 0 Å². The lowest BCUT2D eigenvalue weighted by Gasteiger charge is -2.22. The van der Waals surface area contributed by atoms with E-state index in [0.717, 1.165) is 22.8 Å². The first-order valence-corrected chi connectivity index (χ1v) is 8.56. The second kappa shape index (κ2) is 7.95. The molecule has 0 saturated heterocycles. The van der Waals surface area contributed by atoms with Crippen molar-refractivity contribution in [3.8, 4) is 5.75 Å². The molecule has 1 N–H and O–H groups in total. The molecule has 3 aromatic carbocycles. The molecule has 0 aromatic heterocycles. The van der Waals surface area contributed by atoms with Gasteiger partial charge >= 0.3 is 0 Å². The van der Waals surface area contributed by atoms with E-state index in [1.54, 1.807) is 12.3 Å². The van der Waals surface area contributed by atoms with E-state index in [1.807, 2.05) is 36.4 Å². The van der Waals surface area contributed by atoms with E-state index in [2.05, 4.69) is 48.3 Å². The van der Waals surface area contributed by atoms with Crippen molar-refractivity contribution >= 4 is 17.0 Å². The molecular formula is C22H24N2O. The van der Waals surface area contributed by atoms with Crippen molar-refractivity contribution < 1.29 is 5.11 Å². The average molecular weight is 332 g/mol. The first-order valence-electron chi connectivity index (χ1n) is 8.56. The minimum absolute atomic E-state index is 0.270. The zero-order chi connectivity index (χ0) is 17.6. The van der Waals surface area contributed by atoms with Crippen LogP contribution >= 0.6 is 0 Å². The molecule has 0 fully saturated rings. The number of aromatic hydroxyl groups is 1. The summed E-state index contributed by atoms with van der Waals surface area (Å²) in [6.07, 6.45) is 2.76. The normalized spacial score (nSPS) is 12.9. The maximum atomic E-state index is 10.2. The number of phenols is 1. The van der Waals surface area contributed by atoms with Gasteiger partial charge in [-0.25, -0.2) is 0 Å². The van der Waals surface area contributed by atoms with Gasteiger partial charge in [-0.1, -0.05) is 60.7 Å². The molecule has 0 amide bonds. The molecule has 3 aromatic rings. The average Bonchev–Trinajstić information content (AvgIpc) is 2.63.